The minimum absolute atomic E-state index is 0.0298. The molecule has 0 saturated heterocycles. The predicted octanol–water partition coefficient (Wildman–Crippen LogP) is 5.69. The second-order valence-corrected chi connectivity index (χ2v) is 13.6. The van der Waals surface area contributed by atoms with E-state index in [0.29, 0.717) is 14.7 Å². The lowest BCUT2D eigenvalue weighted by Gasteiger charge is -2.25. The molecule has 2 N–H and O–H groups in total. The second-order valence-electron chi connectivity index (χ2n) is 10.7. The summed E-state index contributed by atoms with van der Waals surface area (Å²) in [4.78, 5) is 33.3. The summed E-state index contributed by atoms with van der Waals surface area (Å²) in [6.45, 7) is 0.936. The summed E-state index contributed by atoms with van der Waals surface area (Å²) >= 11 is 1.17. The number of hydrogen-bond acceptors (Lipinski definition) is 8. The Bertz CT molecular complexity index is 1590. The number of aromatic nitrogens is 2. The molecule has 1 amide bonds. The van der Waals surface area contributed by atoms with Crippen molar-refractivity contribution in [1.82, 2.24) is 14.3 Å². The third-order valence-electron chi connectivity index (χ3n) is 7.71. The van der Waals surface area contributed by atoms with Crippen molar-refractivity contribution in [3.63, 3.8) is 0 Å². The van der Waals surface area contributed by atoms with Gasteiger partial charge in [-0.2, -0.15) is 17.5 Å². The number of amides is 1. The quantitative estimate of drug-likeness (QED) is 0.226. The number of methoxy groups -OCH3 is 1. The molecule has 10 nitrogen and oxygen atoms in total. The van der Waals surface area contributed by atoms with Crippen molar-refractivity contribution in [2.75, 3.05) is 32.1 Å². The number of rotatable bonds is 14. The topological polar surface area (TPSA) is 139 Å². The molecule has 1 aliphatic carbocycles. The molecule has 2 heterocycles. The molecule has 2 aromatic heterocycles. The van der Waals surface area contributed by atoms with Gasteiger partial charge in [-0.15, -0.1) is 0 Å². The van der Waals surface area contributed by atoms with E-state index in [-0.39, 0.29) is 36.2 Å². The highest BCUT2D eigenvalue weighted by molar-refractivity contribution is 7.89. The number of aryl methyl sites for hydroxylation is 1. The number of hydrogen-bond donors (Lipinski definition) is 2. The van der Waals surface area contributed by atoms with Gasteiger partial charge in [-0.05, 0) is 48.6 Å². The highest BCUT2D eigenvalue weighted by Crippen LogP contribution is 2.40. The van der Waals surface area contributed by atoms with Gasteiger partial charge in [0.1, 0.15) is 10.3 Å². The van der Waals surface area contributed by atoms with Crippen molar-refractivity contribution >= 4 is 48.7 Å². The first-order valence-electron chi connectivity index (χ1n) is 14.3. The molecule has 0 bridgehead atoms. The van der Waals surface area contributed by atoms with Crippen LogP contribution in [0.1, 0.15) is 68.2 Å². The van der Waals surface area contributed by atoms with E-state index in [1.54, 1.807) is 6.07 Å². The Balaban J connectivity index is 1.72. The van der Waals surface area contributed by atoms with Gasteiger partial charge in [0.15, 0.2) is 5.13 Å². The molecular weight excluding hydrogens is 621 g/mol. The van der Waals surface area contributed by atoms with Crippen LogP contribution in [-0.4, -0.2) is 66.5 Å². The average molecular weight is 657 g/mol. The van der Waals surface area contributed by atoms with Crippen molar-refractivity contribution in [3.8, 4) is 0 Å². The molecule has 1 saturated carbocycles. The highest BCUT2D eigenvalue weighted by Gasteiger charge is 2.40. The number of fused-ring (bicyclic) bond motifs is 1. The zero-order chi connectivity index (χ0) is 32.1. The summed E-state index contributed by atoms with van der Waals surface area (Å²) in [5.41, 5.74) is 0.0525. The summed E-state index contributed by atoms with van der Waals surface area (Å²) in [7, 11) is -3.49. The van der Waals surface area contributed by atoms with Crippen LogP contribution in [0, 0.1) is 5.92 Å². The fourth-order valence-electron chi connectivity index (χ4n) is 5.39. The van der Waals surface area contributed by atoms with Gasteiger partial charge in [0, 0.05) is 25.9 Å². The number of nitrogens with zero attached hydrogens (tertiary/aromatic N) is 3. The summed E-state index contributed by atoms with van der Waals surface area (Å²) in [5, 5.41) is 12.1. The number of aliphatic carboxylic acids is 1. The molecule has 4 rings (SSSR count). The van der Waals surface area contributed by atoms with E-state index in [1.807, 2.05) is 13.0 Å². The minimum atomic E-state index is -5.08. The normalized spacial score (nSPS) is 15.2. The number of carboxylic acids is 1. The van der Waals surface area contributed by atoms with Crippen LogP contribution in [0.4, 0.5) is 18.3 Å². The van der Waals surface area contributed by atoms with Gasteiger partial charge in [0.05, 0.1) is 29.4 Å². The second kappa shape index (κ2) is 14.3. The van der Waals surface area contributed by atoms with Gasteiger partial charge in [0.2, 0.25) is 15.9 Å². The number of nitrogens with one attached hydrogen (secondary N) is 1. The Labute approximate surface area is 257 Å². The molecule has 0 aliphatic heterocycles. The Morgan fingerprint density at radius 2 is 1.89 bits per heavy atom. The van der Waals surface area contributed by atoms with Crippen molar-refractivity contribution in [2.45, 2.75) is 68.9 Å². The Kier molecular flexibility index (Phi) is 11.0. The molecule has 1 aromatic carbocycles. The van der Waals surface area contributed by atoms with Gasteiger partial charge in [-0.1, -0.05) is 50.0 Å². The molecule has 0 spiro atoms. The van der Waals surface area contributed by atoms with Crippen LogP contribution < -0.4 is 5.32 Å². The number of carboxylic acid groups (broad SMARTS) is 1. The molecule has 0 unspecified atom stereocenters. The number of ether oxygens (including phenoxy) is 1. The van der Waals surface area contributed by atoms with Gasteiger partial charge < -0.3 is 15.2 Å². The van der Waals surface area contributed by atoms with Crippen molar-refractivity contribution in [2.24, 2.45) is 5.92 Å². The van der Waals surface area contributed by atoms with Crippen LogP contribution in [-0.2, 0) is 36.9 Å². The molecular formula is C29H35F3N4O6S2. The van der Waals surface area contributed by atoms with Gasteiger partial charge in [0.25, 0.3) is 0 Å². The van der Waals surface area contributed by atoms with Crippen LogP contribution in [0.5, 0.6) is 0 Å². The number of thiazole rings is 1. The number of benzene rings is 1. The number of anilines is 1. The molecule has 1 atom stereocenters. The first-order valence-corrected chi connectivity index (χ1v) is 16.6. The Hall–Kier alpha value is -3.14. The van der Waals surface area contributed by atoms with Crippen LogP contribution in [0.15, 0.2) is 35.2 Å². The highest BCUT2D eigenvalue weighted by atomic mass is 32.2. The average Bonchev–Trinajstić information content (AvgIpc) is 3.63. The number of pyridine rings is 1. The zero-order valence-corrected chi connectivity index (χ0v) is 26.0. The zero-order valence-electron chi connectivity index (χ0n) is 24.4. The third-order valence-corrected chi connectivity index (χ3v) is 10.6. The van der Waals surface area contributed by atoms with E-state index in [0.717, 1.165) is 49.9 Å². The summed E-state index contributed by atoms with van der Waals surface area (Å²) < 4.78 is 75.9. The van der Waals surface area contributed by atoms with E-state index in [9.17, 15) is 31.2 Å². The van der Waals surface area contributed by atoms with E-state index >= 15 is 0 Å². The largest absolute Gasteiger partial charge is 0.481 e. The number of carbonyl (C=O) groups is 2. The third kappa shape index (κ3) is 8.11. The SMILES string of the molecule is CCc1ccc2nc(NC(=O)[C@H](CC3CCCC3)c3ccc(S(=O)(=O)N(CCOC)CCC(=O)O)c(C(F)(F)F)c3)sc2n1. The fourth-order valence-corrected chi connectivity index (χ4v) is 7.86. The molecule has 3 aromatic rings. The number of halogens is 3. The Morgan fingerprint density at radius 3 is 2.52 bits per heavy atom. The molecule has 15 heteroatoms. The van der Waals surface area contributed by atoms with Crippen molar-refractivity contribution in [3.05, 3.63) is 47.2 Å². The summed E-state index contributed by atoms with van der Waals surface area (Å²) in [6, 6.07) is 6.45. The van der Waals surface area contributed by atoms with Crippen LogP contribution >= 0.6 is 11.3 Å². The van der Waals surface area contributed by atoms with E-state index in [2.05, 4.69) is 15.3 Å². The summed E-state index contributed by atoms with van der Waals surface area (Å²) in [6.07, 6.45) is -1.08. The maximum atomic E-state index is 14.5. The number of carbonyl (C=O) groups excluding carboxylic acids is 1. The minimum Gasteiger partial charge on any atom is -0.481 e. The van der Waals surface area contributed by atoms with Crippen LogP contribution in [0.25, 0.3) is 10.3 Å². The molecule has 1 aliphatic rings. The maximum absolute atomic E-state index is 14.5. The van der Waals surface area contributed by atoms with Crippen molar-refractivity contribution < 1.29 is 41.0 Å². The van der Waals surface area contributed by atoms with E-state index < -0.39 is 57.4 Å². The lowest BCUT2D eigenvalue weighted by molar-refractivity contribution is -0.140. The van der Waals surface area contributed by atoms with Gasteiger partial charge >= 0.3 is 12.1 Å². The first kappa shape index (κ1) is 33.7. The number of alkyl halides is 3. The predicted molar refractivity (Wildman–Crippen MR) is 159 cm³/mol. The summed E-state index contributed by atoms with van der Waals surface area (Å²) in [5.74, 6) is -2.73. The lowest BCUT2D eigenvalue weighted by atomic mass is 9.86. The molecule has 1 fully saturated rings. The maximum Gasteiger partial charge on any atom is 0.417 e. The monoisotopic (exact) mass is 656 g/mol. The molecule has 44 heavy (non-hydrogen) atoms. The van der Waals surface area contributed by atoms with Gasteiger partial charge in [-0.3, -0.25) is 9.59 Å². The molecule has 0 radical (unpaired) electrons. The number of sulfonamides is 1. The lowest BCUT2D eigenvalue weighted by Crippen LogP contribution is -2.36. The van der Waals surface area contributed by atoms with Gasteiger partial charge in [-0.25, -0.2) is 18.4 Å². The van der Waals surface area contributed by atoms with Crippen molar-refractivity contribution in [1.29, 1.82) is 0 Å². The fraction of sp³-hybridized carbons (Fsp3) is 0.517. The van der Waals surface area contributed by atoms with E-state index in [1.165, 1.54) is 24.5 Å². The first-order chi connectivity index (χ1) is 20.8. The van der Waals surface area contributed by atoms with E-state index in [4.69, 9.17) is 9.84 Å². The Morgan fingerprint density at radius 1 is 1.16 bits per heavy atom. The molecule has 240 valence electrons. The van der Waals surface area contributed by atoms with Crippen LogP contribution in [0.3, 0.4) is 0 Å². The standard InChI is InChI=1S/C29H35F3N4O6S2/c1-3-20-9-10-23-27(33-20)43-28(34-23)35-26(39)21(16-18-6-4-5-7-18)19-8-11-24(22(17-19)29(30,31)32)44(40,41)36(14-15-42-2)13-12-25(37)38/h8-11,17-18,21H,3-7,12-16H2,1-2H3,(H,37,38)(H,34,35,39)/t21-/m1/s1. The van der Waals surface area contributed by atoms with Crippen LogP contribution in [0.2, 0.25) is 0 Å². The smallest absolute Gasteiger partial charge is 0.417 e.